The van der Waals surface area contributed by atoms with Crippen LogP contribution in [0.25, 0.3) is 0 Å². The Morgan fingerprint density at radius 3 is 2.50 bits per heavy atom. The lowest BCUT2D eigenvalue weighted by Gasteiger charge is -2.30. The fourth-order valence-corrected chi connectivity index (χ4v) is 8.22. The number of hydrogen-bond acceptors (Lipinski definition) is 11. The second-order valence-corrected chi connectivity index (χ2v) is 15.4. The predicted molar refractivity (Wildman–Crippen MR) is 167 cm³/mol. The summed E-state index contributed by atoms with van der Waals surface area (Å²) in [7, 11) is -2.20. The Morgan fingerprint density at radius 1 is 1.09 bits per heavy atom. The van der Waals surface area contributed by atoms with Gasteiger partial charge in [-0.05, 0) is 59.3 Å². The number of esters is 1. The van der Waals surface area contributed by atoms with Crippen LogP contribution in [0.2, 0.25) is 0 Å². The normalized spacial score (nSPS) is 26.3. The molecule has 16 heteroatoms. The number of ether oxygens (including phenoxy) is 3. The van der Waals surface area contributed by atoms with Crippen molar-refractivity contribution in [3.8, 4) is 5.75 Å². The van der Waals surface area contributed by atoms with Gasteiger partial charge in [-0.15, -0.1) is 11.3 Å². The molecule has 1 aromatic heterocycles. The summed E-state index contributed by atoms with van der Waals surface area (Å²) in [6, 6.07) is -1.83. The molecule has 0 aromatic carbocycles. The van der Waals surface area contributed by atoms with Crippen molar-refractivity contribution in [2.45, 2.75) is 99.6 Å². The molecule has 14 nitrogen and oxygen atoms in total. The van der Waals surface area contributed by atoms with Crippen LogP contribution in [0.5, 0.6) is 5.75 Å². The van der Waals surface area contributed by atoms with Crippen molar-refractivity contribution in [3.63, 3.8) is 0 Å². The average Bonchev–Trinajstić information content (AvgIpc) is 3.30. The third-order valence-electron chi connectivity index (χ3n) is 8.12. The summed E-state index contributed by atoms with van der Waals surface area (Å²) < 4.78 is 43.7. The molecule has 2 fully saturated rings. The summed E-state index contributed by atoms with van der Waals surface area (Å²) in [4.78, 5) is 67.3. The van der Waals surface area contributed by atoms with Crippen LogP contribution in [0.3, 0.4) is 0 Å². The molecular formula is C30H42N4O10S2. The Kier molecular flexibility index (Phi) is 10.7. The number of rotatable bonds is 6. The van der Waals surface area contributed by atoms with Crippen molar-refractivity contribution < 1.29 is 46.6 Å². The van der Waals surface area contributed by atoms with Gasteiger partial charge in [0.1, 0.15) is 28.8 Å². The number of carbonyl (C=O) groups excluding carboxylic acids is 5. The van der Waals surface area contributed by atoms with Gasteiger partial charge in [-0.3, -0.25) is 14.4 Å². The van der Waals surface area contributed by atoms with Crippen molar-refractivity contribution in [2.24, 2.45) is 5.92 Å². The standard InChI is InChI=1S/C30H42N4O10S2/c1-29(2,3)44-28(39)31-20-13-10-8-6-7-9-12-18-16-30(18,32-23(35)21-14-11-15-34(21)24(20)36)27(38)33-46(40,41)26-22(42-4)19(17-45-26)25(37)43-5/h9,12,17-18,20-21H,6-8,10-11,13-16H2,1-5H3,(H,31,39)(H,32,35)(H,33,38)/b12-9-/t18-,20+,21+,30-/m1/s1. The van der Waals surface area contributed by atoms with Crippen molar-refractivity contribution in [1.82, 2.24) is 20.3 Å². The maximum atomic E-state index is 13.8. The van der Waals surface area contributed by atoms with Gasteiger partial charge in [0, 0.05) is 17.8 Å². The number of carbonyl (C=O) groups is 5. The highest BCUT2D eigenvalue weighted by atomic mass is 32.2. The van der Waals surface area contributed by atoms with Gasteiger partial charge in [-0.2, -0.15) is 0 Å². The molecule has 4 atom stereocenters. The lowest BCUT2D eigenvalue weighted by atomic mass is 10.0. The third-order valence-corrected chi connectivity index (χ3v) is 10.9. The van der Waals surface area contributed by atoms with Gasteiger partial charge in [0.2, 0.25) is 11.8 Å². The van der Waals surface area contributed by atoms with Gasteiger partial charge in [0.05, 0.1) is 14.2 Å². The Hall–Kier alpha value is -3.66. The second-order valence-electron chi connectivity index (χ2n) is 12.6. The third kappa shape index (κ3) is 7.82. The molecule has 3 N–H and O–H groups in total. The molecule has 1 aliphatic carbocycles. The molecule has 254 valence electrons. The van der Waals surface area contributed by atoms with Crippen LogP contribution in [-0.2, 0) is 33.9 Å². The van der Waals surface area contributed by atoms with E-state index in [-0.39, 0.29) is 24.3 Å². The summed E-state index contributed by atoms with van der Waals surface area (Å²) in [5.41, 5.74) is -2.46. The molecule has 0 bridgehead atoms. The first-order chi connectivity index (χ1) is 21.6. The van der Waals surface area contributed by atoms with Crippen LogP contribution in [0.15, 0.2) is 21.7 Å². The number of nitrogens with zero attached hydrogens (tertiary/aromatic N) is 1. The summed E-state index contributed by atoms with van der Waals surface area (Å²) in [6.07, 6.45) is 7.21. The predicted octanol–water partition coefficient (Wildman–Crippen LogP) is 2.63. The summed E-state index contributed by atoms with van der Waals surface area (Å²) >= 11 is 0.685. The van der Waals surface area contributed by atoms with Crippen LogP contribution in [-0.4, -0.2) is 87.1 Å². The number of fused-ring (bicyclic) bond motifs is 2. The lowest BCUT2D eigenvalue weighted by molar-refractivity contribution is -0.141. The molecule has 1 aromatic rings. The van der Waals surface area contributed by atoms with Crippen molar-refractivity contribution in [3.05, 3.63) is 23.1 Å². The van der Waals surface area contributed by atoms with Crippen molar-refractivity contribution in [2.75, 3.05) is 20.8 Å². The van der Waals surface area contributed by atoms with Gasteiger partial charge in [-0.25, -0.2) is 22.7 Å². The molecule has 3 heterocycles. The molecule has 2 aliphatic heterocycles. The highest BCUT2D eigenvalue weighted by molar-refractivity contribution is 7.92. The Balaban J connectivity index is 1.58. The molecule has 46 heavy (non-hydrogen) atoms. The zero-order valence-corrected chi connectivity index (χ0v) is 28.3. The van der Waals surface area contributed by atoms with E-state index in [1.54, 1.807) is 26.8 Å². The Labute approximate surface area is 272 Å². The fraction of sp³-hybridized carbons (Fsp3) is 0.633. The number of methoxy groups -OCH3 is 2. The van der Waals surface area contributed by atoms with E-state index in [9.17, 15) is 32.4 Å². The minimum absolute atomic E-state index is 0.110. The largest absolute Gasteiger partial charge is 0.493 e. The molecule has 4 amide bonds. The van der Waals surface area contributed by atoms with E-state index in [2.05, 4.69) is 20.1 Å². The molecule has 0 unspecified atom stereocenters. The minimum Gasteiger partial charge on any atom is -0.493 e. The minimum atomic E-state index is -4.53. The van der Waals surface area contributed by atoms with Gasteiger partial charge in [-0.1, -0.05) is 25.0 Å². The summed E-state index contributed by atoms with van der Waals surface area (Å²) in [5.74, 6) is -3.52. The molecular weight excluding hydrogens is 640 g/mol. The van der Waals surface area contributed by atoms with Gasteiger partial charge in [0.25, 0.3) is 15.9 Å². The smallest absolute Gasteiger partial charge is 0.408 e. The number of sulfonamides is 1. The van der Waals surface area contributed by atoms with Gasteiger partial charge < -0.3 is 29.7 Å². The summed E-state index contributed by atoms with van der Waals surface area (Å²) in [5, 5.41) is 6.72. The maximum absolute atomic E-state index is 13.8. The van der Waals surface area contributed by atoms with Crippen molar-refractivity contribution >= 4 is 51.1 Å². The van der Waals surface area contributed by atoms with E-state index in [1.165, 1.54) is 17.4 Å². The van der Waals surface area contributed by atoms with E-state index >= 15 is 0 Å². The number of thiophene rings is 1. The SMILES string of the molecule is COC(=O)c1csc(S(=O)(=O)NC(=O)[C@@]23C[C@H]2/C=C\CCCCC[C@H](NC(=O)OC(C)(C)C)C(=O)N2CCC[C@H]2C(=O)N3)c1OC. The topological polar surface area (TPSA) is 187 Å². The van der Waals surface area contributed by atoms with E-state index in [1.807, 2.05) is 6.08 Å². The van der Waals surface area contributed by atoms with Gasteiger partial charge >= 0.3 is 12.1 Å². The zero-order chi connectivity index (χ0) is 33.9. The molecule has 1 saturated heterocycles. The quantitative estimate of drug-likeness (QED) is 0.298. The molecule has 3 aliphatic rings. The lowest BCUT2D eigenvalue weighted by Crippen LogP contribution is -2.58. The number of amides is 4. The number of hydrogen-bond donors (Lipinski definition) is 3. The number of nitrogens with one attached hydrogen (secondary N) is 3. The van der Waals surface area contributed by atoms with Crippen LogP contribution < -0.4 is 20.1 Å². The average molecular weight is 683 g/mol. The Morgan fingerprint density at radius 2 is 1.83 bits per heavy atom. The molecule has 4 rings (SSSR count). The van der Waals surface area contributed by atoms with Crippen LogP contribution in [0.4, 0.5) is 4.79 Å². The molecule has 0 radical (unpaired) electrons. The van der Waals surface area contributed by atoms with E-state index in [0.717, 1.165) is 20.0 Å². The van der Waals surface area contributed by atoms with Crippen LogP contribution in [0, 0.1) is 5.92 Å². The highest BCUT2D eigenvalue weighted by Gasteiger charge is 2.61. The van der Waals surface area contributed by atoms with E-state index in [0.29, 0.717) is 43.4 Å². The first kappa shape index (κ1) is 35.2. The maximum Gasteiger partial charge on any atom is 0.408 e. The second kappa shape index (κ2) is 14.0. The monoisotopic (exact) mass is 682 g/mol. The fourth-order valence-electron chi connectivity index (χ4n) is 5.76. The molecule has 0 spiro atoms. The number of allylic oxidation sites excluding steroid dienone is 1. The van der Waals surface area contributed by atoms with Crippen LogP contribution >= 0.6 is 11.3 Å². The van der Waals surface area contributed by atoms with Crippen LogP contribution in [0.1, 0.15) is 82.5 Å². The first-order valence-electron chi connectivity index (χ1n) is 15.2. The summed E-state index contributed by atoms with van der Waals surface area (Å²) in [6.45, 7) is 5.44. The first-order valence-corrected chi connectivity index (χ1v) is 17.6. The van der Waals surface area contributed by atoms with Crippen molar-refractivity contribution in [1.29, 1.82) is 0 Å². The van der Waals surface area contributed by atoms with Gasteiger partial charge in [0.15, 0.2) is 9.96 Å². The Bertz CT molecular complexity index is 1500. The van der Waals surface area contributed by atoms with E-state index in [4.69, 9.17) is 9.47 Å². The highest BCUT2D eigenvalue weighted by Crippen LogP contribution is 2.46. The zero-order valence-electron chi connectivity index (χ0n) is 26.7. The molecule has 1 saturated carbocycles. The number of alkyl carbamates (subject to hydrolysis) is 1. The van der Waals surface area contributed by atoms with E-state index < -0.39 is 73.2 Å².